The number of rotatable bonds is 3. The molecule has 0 aliphatic heterocycles. The van der Waals surface area contributed by atoms with E-state index in [2.05, 4.69) is 0 Å². The molecule has 0 saturated carbocycles. The highest BCUT2D eigenvalue weighted by molar-refractivity contribution is 5.74. The number of hydrogen-bond donors (Lipinski definition) is 1. The third kappa shape index (κ3) is 3.16. The minimum Gasteiger partial charge on any atom is -0.481 e. The van der Waals surface area contributed by atoms with Gasteiger partial charge >= 0.3 is 5.97 Å². The summed E-state index contributed by atoms with van der Waals surface area (Å²) in [6, 6.07) is 0. The third-order valence-corrected chi connectivity index (χ3v) is 1.68. The van der Waals surface area contributed by atoms with Crippen LogP contribution in [0.2, 0.25) is 0 Å². The van der Waals surface area contributed by atoms with Gasteiger partial charge in [0.25, 0.3) is 0 Å². The van der Waals surface area contributed by atoms with E-state index >= 15 is 0 Å². The van der Waals surface area contributed by atoms with E-state index in [1.54, 1.807) is 0 Å². The Hall–Kier alpha value is -0.860. The molecule has 0 aliphatic carbocycles. The van der Waals surface area contributed by atoms with Crippen molar-refractivity contribution in [1.82, 2.24) is 0 Å². The van der Waals surface area contributed by atoms with Gasteiger partial charge in [-0.25, -0.2) is 0 Å². The maximum absolute atomic E-state index is 10.6. The van der Waals surface area contributed by atoms with Crippen molar-refractivity contribution in [2.45, 2.75) is 27.2 Å². The quantitative estimate of drug-likeness (QED) is 0.630. The molecule has 0 saturated heterocycles. The molecule has 0 bridgehead atoms. The first-order valence-corrected chi connectivity index (χ1v) is 3.56. The molecule has 1 atom stereocenters. The van der Waals surface area contributed by atoms with Gasteiger partial charge < -0.3 is 9.90 Å². The summed E-state index contributed by atoms with van der Waals surface area (Å²) in [7, 11) is 0. The zero-order chi connectivity index (χ0) is 9.07. The Labute approximate surface area is 66.4 Å². The van der Waals surface area contributed by atoms with Gasteiger partial charge in [-0.3, -0.25) is 4.79 Å². The zero-order valence-corrected chi connectivity index (χ0v) is 7.13. The van der Waals surface area contributed by atoms with Crippen molar-refractivity contribution in [3.8, 4) is 0 Å². The molecule has 0 radical (unpaired) electrons. The summed E-state index contributed by atoms with van der Waals surface area (Å²) in [4.78, 5) is 20.7. The molecule has 3 nitrogen and oxygen atoms in total. The number of aldehydes is 1. The fourth-order valence-corrected chi connectivity index (χ4v) is 0.921. The molecule has 0 rings (SSSR count). The molecule has 0 aromatic carbocycles. The van der Waals surface area contributed by atoms with Crippen molar-refractivity contribution in [2.24, 2.45) is 11.3 Å². The Morgan fingerprint density at radius 3 is 2.09 bits per heavy atom. The van der Waals surface area contributed by atoms with Crippen LogP contribution >= 0.6 is 0 Å². The van der Waals surface area contributed by atoms with Crippen molar-refractivity contribution in [3.05, 3.63) is 0 Å². The predicted molar refractivity (Wildman–Crippen MR) is 41.3 cm³/mol. The standard InChI is InChI=1S/C8H14O3/c1-8(2,3)6(4-5-9)7(10)11/h5-6H,4H2,1-3H3,(H,10,11)/t6-/m1/s1. The number of carboxylic acids is 1. The molecular formula is C8H14O3. The average Bonchev–Trinajstić information content (AvgIpc) is 1.79. The number of hydrogen-bond acceptors (Lipinski definition) is 2. The molecule has 0 fully saturated rings. The summed E-state index contributed by atoms with van der Waals surface area (Å²) in [6.45, 7) is 5.44. The highest BCUT2D eigenvalue weighted by atomic mass is 16.4. The molecule has 0 aromatic rings. The van der Waals surface area contributed by atoms with Crippen molar-refractivity contribution in [1.29, 1.82) is 0 Å². The lowest BCUT2D eigenvalue weighted by molar-refractivity contribution is -0.146. The second-order valence-electron chi connectivity index (χ2n) is 3.66. The van der Waals surface area contributed by atoms with Gasteiger partial charge in [0, 0.05) is 6.42 Å². The van der Waals surface area contributed by atoms with Gasteiger partial charge in [-0.15, -0.1) is 0 Å². The first-order chi connectivity index (χ1) is 4.89. The summed E-state index contributed by atoms with van der Waals surface area (Å²) < 4.78 is 0. The molecule has 64 valence electrons. The summed E-state index contributed by atoms with van der Waals surface area (Å²) >= 11 is 0. The van der Waals surface area contributed by atoms with Crippen LogP contribution in [0.1, 0.15) is 27.2 Å². The van der Waals surface area contributed by atoms with Gasteiger partial charge in [-0.2, -0.15) is 0 Å². The fourth-order valence-electron chi connectivity index (χ4n) is 0.921. The van der Waals surface area contributed by atoms with Crippen LogP contribution in [0.4, 0.5) is 0 Å². The number of carbonyl (C=O) groups is 2. The molecule has 3 heteroatoms. The maximum Gasteiger partial charge on any atom is 0.307 e. The van der Waals surface area contributed by atoms with Crippen LogP contribution in [0.3, 0.4) is 0 Å². The summed E-state index contributed by atoms with van der Waals surface area (Å²) in [5.74, 6) is -1.47. The number of carboxylic acid groups (broad SMARTS) is 1. The van der Waals surface area contributed by atoms with Crippen molar-refractivity contribution >= 4 is 12.3 Å². The largest absolute Gasteiger partial charge is 0.481 e. The monoisotopic (exact) mass is 158 g/mol. The van der Waals surface area contributed by atoms with Crippen LogP contribution in [0.5, 0.6) is 0 Å². The van der Waals surface area contributed by atoms with E-state index in [1.165, 1.54) is 0 Å². The van der Waals surface area contributed by atoms with Gasteiger partial charge in [0.1, 0.15) is 6.29 Å². The zero-order valence-electron chi connectivity index (χ0n) is 7.13. The van der Waals surface area contributed by atoms with E-state index < -0.39 is 11.9 Å². The van der Waals surface area contributed by atoms with Crippen LogP contribution in [0.25, 0.3) is 0 Å². The molecule has 0 heterocycles. The number of carbonyl (C=O) groups excluding carboxylic acids is 1. The van der Waals surface area contributed by atoms with E-state index in [-0.39, 0.29) is 11.8 Å². The summed E-state index contributed by atoms with van der Waals surface area (Å²) in [6.07, 6.45) is 0.753. The van der Waals surface area contributed by atoms with Gasteiger partial charge in [-0.05, 0) is 5.41 Å². The predicted octanol–water partition coefficient (Wildman–Crippen LogP) is 1.32. The second kappa shape index (κ2) is 3.51. The normalized spacial score (nSPS) is 14.1. The van der Waals surface area contributed by atoms with Gasteiger partial charge in [0.15, 0.2) is 0 Å². The topological polar surface area (TPSA) is 54.4 Å². The van der Waals surface area contributed by atoms with E-state index in [1.807, 2.05) is 20.8 Å². The van der Waals surface area contributed by atoms with Crippen molar-refractivity contribution in [3.63, 3.8) is 0 Å². The van der Waals surface area contributed by atoms with E-state index in [4.69, 9.17) is 5.11 Å². The summed E-state index contributed by atoms with van der Waals surface area (Å²) in [5.41, 5.74) is -0.341. The van der Waals surface area contributed by atoms with Crippen LogP contribution in [0.15, 0.2) is 0 Å². The fraction of sp³-hybridized carbons (Fsp3) is 0.750. The number of aliphatic carboxylic acids is 1. The van der Waals surface area contributed by atoms with E-state index in [9.17, 15) is 9.59 Å². The lowest BCUT2D eigenvalue weighted by Gasteiger charge is -2.24. The molecule has 0 aromatic heterocycles. The molecule has 11 heavy (non-hydrogen) atoms. The van der Waals surface area contributed by atoms with Crippen LogP contribution in [0, 0.1) is 11.3 Å². The van der Waals surface area contributed by atoms with Gasteiger partial charge in [-0.1, -0.05) is 20.8 Å². The Morgan fingerprint density at radius 2 is 2.00 bits per heavy atom. The first-order valence-electron chi connectivity index (χ1n) is 3.56. The van der Waals surface area contributed by atoms with Crippen LogP contribution in [-0.2, 0) is 9.59 Å². The van der Waals surface area contributed by atoms with Crippen LogP contribution < -0.4 is 0 Å². The van der Waals surface area contributed by atoms with E-state index in [0.717, 1.165) is 0 Å². The van der Waals surface area contributed by atoms with E-state index in [0.29, 0.717) is 6.29 Å². The SMILES string of the molecule is CC(C)(C)[C@H](CC=O)C(=O)O. The Balaban J connectivity index is 4.34. The van der Waals surface area contributed by atoms with Crippen molar-refractivity contribution < 1.29 is 14.7 Å². The lowest BCUT2D eigenvalue weighted by Crippen LogP contribution is -2.28. The molecule has 0 aliphatic rings. The van der Waals surface area contributed by atoms with Gasteiger partial charge in [0.2, 0.25) is 0 Å². The molecule has 0 spiro atoms. The maximum atomic E-state index is 10.6. The smallest absolute Gasteiger partial charge is 0.307 e. The second-order valence-corrected chi connectivity index (χ2v) is 3.66. The Morgan fingerprint density at radius 1 is 1.55 bits per heavy atom. The first kappa shape index (κ1) is 10.1. The van der Waals surface area contributed by atoms with Crippen molar-refractivity contribution in [2.75, 3.05) is 0 Å². The van der Waals surface area contributed by atoms with Crippen LogP contribution in [-0.4, -0.2) is 17.4 Å². The highest BCUT2D eigenvalue weighted by Gasteiger charge is 2.30. The summed E-state index contributed by atoms with van der Waals surface area (Å²) in [5, 5.41) is 8.68. The Bertz CT molecular complexity index is 155. The molecular weight excluding hydrogens is 144 g/mol. The lowest BCUT2D eigenvalue weighted by atomic mass is 9.79. The minimum atomic E-state index is -0.899. The molecule has 0 amide bonds. The molecule has 1 N–H and O–H groups in total. The minimum absolute atomic E-state index is 0.0961. The highest BCUT2D eigenvalue weighted by Crippen LogP contribution is 2.27. The molecule has 0 unspecified atom stereocenters. The Kier molecular flexibility index (Phi) is 3.23. The third-order valence-electron chi connectivity index (χ3n) is 1.68. The average molecular weight is 158 g/mol. The van der Waals surface area contributed by atoms with Gasteiger partial charge in [0.05, 0.1) is 5.92 Å².